The van der Waals surface area contributed by atoms with Crippen LogP contribution in [0.3, 0.4) is 0 Å². The van der Waals surface area contributed by atoms with Gasteiger partial charge in [0.05, 0.1) is 0 Å². The molecule has 0 spiro atoms. The van der Waals surface area contributed by atoms with Crippen LogP contribution in [0.2, 0.25) is 0 Å². The highest BCUT2D eigenvalue weighted by molar-refractivity contribution is 6.03. The number of nitrogens with zero attached hydrogens (tertiary/aromatic N) is 2. The first-order chi connectivity index (χ1) is 9.25. The average molecular weight is 259 g/mol. The minimum Gasteiger partial charge on any atom is -0.339 e. The standard InChI is InChI=1S/C14H17N3O2/c18-13(16-12-6-2-3-9-15-12)7-8-14(19)17-10-4-1-5-11-17/h2-3,6-9H,1,4-5,10-11H2,(H,15,16,18)/b8-7+. The van der Waals surface area contributed by atoms with Crippen LogP contribution in [-0.4, -0.2) is 34.8 Å². The quantitative estimate of drug-likeness (QED) is 0.838. The molecule has 0 radical (unpaired) electrons. The Balaban J connectivity index is 1.84. The van der Waals surface area contributed by atoms with Gasteiger partial charge < -0.3 is 10.2 Å². The second-order valence-corrected chi connectivity index (χ2v) is 4.42. The molecule has 0 unspecified atom stereocenters. The first kappa shape index (κ1) is 13.3. The number of carbonyl (C=O) groups excluding carboxylic acids is 2. The second-order valence-electron chi connectivity index (χ2n) is 4.42. The molecule has 1 aliphatic rings. The van der Waals surface area contributed by atoms with Gasteiger partial charge in [-0.25, -0.2) is 4.98 Å². The van der Waals surface area contributed by atoms with Crippen LogP contribution < -0.4 is 5.32 Å². The lowest BCUT2D eigenvalue weighted by Crippen LogP contribution is -2.34. The van der Waals surface area contributed by atoms with Crippen LogP contribution >= 0.6 is 0 Å². The van der Waals surface area contributed by atoms with Crippen LogP contribution in [0.25, 0.3) is 0 Å². The molecular weight excluding hydrogens is 242 g/mol. The smallest absolute Gasteiger partial charge is 0.249 e. The number of pyridine rings is 1. The van der Waals surface area contributed by atoms with Gasteiger partial charge in [0, 0.05) is 31.4 Å². The molecule has 0 bridgehead atoms. The van der Waals surface area contributed by atoms with E-state index < -0.39 is 0 Å². The van der Waals surface area contributed by atoms with Crippen molar-refractivity contribution in [1.82, 2.24) is 9.88 Å². The predicted octanol–water partition coefficient (Wildman–Crippen LogP) is 1.59. The molecule has 2 rings (SSSR count). The summed E-state index contributed by atoms with van der Waals surface area (Å²) < 4.78 is 0. The molecule has 1 aromatic heterocycles. The number of hydrogen-bond donors (Lipinski definition) is 1. The van der Waals surface area contributed by atoms with Crippen molar-refractivity contribution in [2.24, 2.45) is 0 Å². The lowest BCUT2D eigenvalue weighted by molar-refractivity contribution is -0.127. The fourth-order valence-electron chi connectivity index (χ4n) is 1.97. The summed E-state index contributed by atoms with van der Waals surface area (Å²) in [7, 11) is 0. The summed E-state index contributed by atoms with van der Waals surface area (Å²) in [5.41, 5.74) is 0. The van der Waals surface area contributed by atoms with Crippen molar-refractivity contribution in [3.8, 4) is 0 Å². The number of aromatic nitrogens is 1. The van der Waals surface area contributed by atoms with Gasteiger partial charge in [-0.3, -0.25) is 9.59 Å². The van der Waals surface area contributed by atoms with Crippen molar-refractivity contribution < 1.29 is 9.59 Å². The van der Waals surface area contributed by atoms with E-state index in [1.807, 2.05) is 0 Å². The van der Waals surface area contributed by atoms with Gasteiger partial charge in [-0.05, 0) is 31.4 Å². The summed E-state index contributed by atoms with van der Waals surface area (Å²) in [6, 6.07) is 5.24. The number of amides is 2. The molecule has 1 fully saturated rings. The lowest BCUT2D eigenvalue weighted by atomic mass is 10.1. The highest BCUT2D eigenvalue weighted by Gasteiger charge is 2.13. The predicted molar refractivity (Wildman–Crippen MR) is 72.4 cm³/mol. The molecular formula is C14H17N3O2. The molecule has 2 amide bonds. The zero-order valence-corrected chi connectivity index (χ0v) is 10.7. The number of rotatable bonds is 3. The molecule has 1 aromatic rings. The Hall–Kier alpha value is -2.17. The lowest BCUT2D eigenvalue weighted by Gasteiger charge is -2.25. The first-order valence-electron chi connectivity index (χ1n) is 6.45. The van der Waals surface area contributed by atoms with E-state index >= 15 is 0 Å². The zero-order chi connectivity index (χ0) is 13.5. The van der Waals surface area contributed by atoms with Gasteiger partial charge in [-0.15, -0.1) is 0 Å². The third-order valence-corrected chi connectivity index (χ3v) is 2.96. The van der Waals surface area contributed by atoms with E-state index in [-0.39, 0.29) is 11.8 Å². The molecule has 0 aliphatic carbocycles. The first-order valence-corrected chi connectivity index (χ1v) is 6.45. The normalized spacial score (nSPS) is 15.5. The number of likely N-dealkylation sites (tertiary alicyclic amines) is 1. The van der Waals surface area contributed by atoms with Crippen LogP contribution in [0.4, 0.5) is 5.82 Å². The van der Waals surface area contributed by atoms with Gasteiger partial charge in [0.2, 0.25) is 11.8 Å². The summed E-state index contributed by atoms with van der Waals surface area (Å²) in [6.45, 7) is 1.57. The fourth-order valence-corrected chi connectivity index (χ4v) is 1.97. The zero-order valence-electron chi connectivity index (χ0n) is 10.7. The summed E-state index contributed by atoms with van der Waals surface area (Å²) in [5.74, 6) is 0.0301. The number of nitrogens with one attached hydrogen (secondary N) is 1. The molecule has 0 saturated carbocycles. The molecule has 5 nitrogen and oxygen atoms in total. The summed E-state index contributed by atoms with van der Waals surface area (Å²) >= 11 is 0. The van der Waals surface area contributed by atoms with Crippen LogP contribution in [0, 0.1) is 0 Å². The summed E-state index contributed by atoms with van der Waals surface area (Å²) in [6.07, 6.45) is 7.43. The van der Waals surface area contributed by atoms with Crippen molar-refractivity contribution in [2.45, 2.75) is 19.3 Å². The highest BCUT2D eigenvalue weighted by Crippen LogP contribution is 2.09. The minimum absolute atomic E-state index is 0.101. The van der Waals surface area contributed by atoms with Crippen molar-refractivity contribution in [2.75, 3.05) is 18.4 Å². The van der Waals surface area contributed by atoms with E-state index in [1.165, 1.54) is 18.6 Å². The van der Waals surface area contributed by atoms with Gasteiger partial charge in [-0.1, -0.05) is 6.07 Å². The maximum atomic E-state index is 11.8. The Morgan fingerprint density at radius 2 is 1.95 bits per heavy atom. The van der Waals surface area contributed by atoms with Gasteiger partial charge in [0.1, 0.15) is 5.82 Å². The van der Waals surface area contributed by atoms with E-state index in [2.05, 4.69) is 10.3 Å². The number of anilines is 1. The van der Waals surface area contributed by atoms with Crippen LogP contribution in [0.15, 0.2) is 36.5 Å². The van der Waals surface area contributed by atoms with Gasteiger partial charge in [-0.2, -0.15) is 0 Å². The van der Waals surface area contributed by atoms with E-state index in [0.29, 0.717) is 5.82 Å². The summed E-state index contributed by atoms with van der Waals surface area (Å²) in [5, 5.41) is 2.59. The molecule has 1 aliphatic heterocycles. The fraction of sp³-hybridized carbons (Fsp3) is 0.357. The monoisotopic (exact) mass is 259 g/mol. The van der Waals surface area contributed by atoms with Crippen molar-refractivity contribution >= 4 is 17.6 Å². The molecule has 19 heavy (non-hydrogen) atoms. The maximum Gasteiger partial charge on any atom is 0.249 e. The molecule has 0 aromatic carbocycles. The molecule has 1 N–H and O–H groups in total. The van der Waals surface area contributed by atoms with E-state index in [4.69, 9.17) is 0 Å². The van der Waals surface area contributed by atoms with Gasteiger partial charge >= 0.3 is 0 Å². The average Bonchev–Trinajstić information content (AvgIpc) is 2.47. The Bertz CT molecular complexity index is 465. The second kappa shape index (κ2) is 6.68. The Labute approximate surface area is 112 Å². The largest absolute Gasteiger partial charge is 0.339 e. The molecule has 100 valence electrons. The number of carbonyl (C=O) groups is 2. The topological polar surface area (TPSA) is 62.3 Å². The van der Waals surface area contributed by atoms with E-state index in [1.54, 1.807) is 29.3 Å². The maximum absolute atomic E-state index is 11.8. The van der Waals surface area contributed by atoms with Crippen molar-refractivity contribution in [3.05, 3.63) is 36.5 Å². The van der Waals surface area contributed by atoms with Crippen LogP contribution in [0.5, 0.6) is 0 Å². The van der Waals surface area contributed by atoms with E-state index in [0.717, 1.165) is 25.9 Å². The molecule has 5 heteroatoms. The van der Waals surface area contributed by atoms with Gasteiger partial charge in [0.15, 0.2) is 0 Å². The molecule has 1 saturated heterocycles. The Morgan fingerprint density at radius 1 is 1.16 bits per heavy atom. The van der Waals surface area contributed by atoms with Crippen LogP contribution in [-0.2, 0) is 9.59 Å². The van der Waals surface area contributed by atoms with Gasteiger partial charge in [0.25, 0.3) is 0 Å². The van der Waals surface area contributed by atoms with Crippen molar-refractivity contribution in [1.29, 1.82) is 0 Å². The van der Waals surface area contributed by atoms with E-state index in [9.17, 15) is 9.59 Å². The molecule has 0 atom stereocenters. The highest BCUT2D eigenvalue weighted by atomic mass is 16.2. The Kier molecular flexibility index (Phi) is 4.66. The van der Waals surface area contributed by atoms with Crippen molar-refractivity contribution in [3.63, 3.8) is 0 Å². The third kappa shape index (κ3) is 4.21. The van der Waals surface area contributed by atoms with Crippen LogP contribution in [0.1, 0.15) is 19.3 Å². The number of piperidine rings is 1. The molecule has 2 heterocycles. The minimum atomic E-state index is -0.343. The Morgan fingerprint density at radius 3 is 2.63 bits per heavy atom. The number of hydrogen-bond acceptors (Lipinski definition) is 3. The SMILES string of the molecule is O=C(/C=C/C(=O)N1CCCCC1)Nc1ccccn1. The summed E-state index contributed by atoms with van der Waals surface area (Å²) in [4.78, 5) is 29.1. The third-order valence-electron chi connectivity index (χ3n) is 2.96.